The van der Waals surface area contributed by atoms with E-state index in [1.807, 2.05) is 0 Å². The van der Waals surface area contributed by atoms with Crippen LogP contribution in [0.2, 0.25) is 0 Å². The number of carbonyl (C=O) groups is 2. The van der Waals surface area contributed by atoms with Crippen molar-refractivity contribution in [1.29, 1.82) is 0 Å². The third-order valence-corrected chi connectivity index (χ3v) is 3.73. The number of hydrogen-bond donors (Lipinski definition) is 2. The Balaban J connectivity index is 1.69. The van der Waals surface area contributed by atoms with Crippen LogP contribution in [0.1, 0.15) is 22.8 Å². The molecule has 8 heteroatoms. The van der Waals surface area contributed by atoms with Crippen LogP contribution in [0.4, 0.5) is 14.5 Å². The zero-order chi connectivity index (χ0) is 20.4. The van der Waals surface area contributed by atoms with Gasteiger partial charge in [-0.25, -0.2) is 4.79 Å². The molecule has 0 aliphatic carbocycles. The van der Waals surface area contributed by atoms with Crippen molar-refractivity contribution >= 4 is 17.6 Å². The van der Waals surface area contributed by atoms with E-state index in [1.165, 1.54) is 12.1 Å². The van der Waals surface area contributed by atoms with Gasteiger partial charge in [-0.05, 0) is 55.3 Å². The summed E-state index contributed by atoms with van der Waals surface area (Å²) in [6.45, 7) is -0.299. The third-order valence-electron chi connectivity index (χ3n) is 3.73. The Hall–Kier alpha value is -3.16. The minimum Gasteiger partial charge on any atom is -0.462 e. The van der Waals surface area contributed by atoms with Gasteiger partial charge in [-0.1, -0.05) is 12.1 Å². The first kappa shape index (κ1) is 21.1. The molecule has 0 aliphatic rings. The summed E-state index contributed by atoms with van der Waals surface area (Å²) in [4.78, 5) is 23.5. The molecule has 2 N–H and O–H groups in total. The maximum absolute atomic E-state index is 12.1. The number of halogens is 2. The molecule has 0 atom stereocenters. The van der Waals surface area contributed by atoms with E-state index in [9.17, 15) is 18.4 Å². The average Bonchev–Trinajstić information content (AvgIpc) is 2.68. The summed E-state index contributed by atoms with van der Waals surface area (Å²) in [5, 5.41) is 5.73. The van der Waals surface area contributed by atoms with Gasteiger partial charge in [-0.3, -0.25) is 4.79 Å². The highest BCUT2D eigenvalue weighted by Crippen LogP contribution is 2.15. The summed E-state index contributed by atoms with van der Waals surface area (Å²) in [5.41, 5.74) is 2.05. The van der Waals surface area contributed by atoms with Crippen LogP contribution in [-0.4, -0.2) is 38.2 Å². The third kappa shape index (κ3) is 7.22. The molecule has 2 aromatic carbocycles. The van der Waals surface area contributed by atoms with Crippen LogP contribution in [0.25, 0.3) is 0 Å². The van der Waals surface area contributed by atoms with Gasteiger partial charge in [0, 0.05) is 12.2 Å². The second-order valence-electron chi connectivity index (χ2n) is 5.77. The lowest BCUT2D eigenvalue weighted by Gasteiger charge is -2.09. The number of alkyl halides is 2. The predicted octanol–water partition coefficient (Wildman–Crippen LogP) is 3.24. The molecule has 0 radical (unpaired) electrons. The van der Waals surface area contributed by atoms with Gasteiger partial charge in [0.25, 0.3) is 0 Å². The molecule has 2 aromatic rings. The molecule has 0 bridgehead atoms. The Morgan fingerprint density at radius 1 is 1.04 bits per heavy atom. The van der Waals surface area contributed by atoms with E-state index >= 15 is 0 Å². The second kappa shape index (κ2) is 10.9. The highest BCUT2D eigenvalue weighted by Gasteiger charge is 2.07. The van der Waals surface area contributed by atoms with Crippen LogP contribution in [0.3, 0.4) is 0 Å². The minimum atomic E-state index is -2.85. The Kier molecular flexibility index (Phi) is 8.20. The lowest BCUT2D eigenvalue weighted by Crippen LogP contribution is -2.31. The first-order valence-corrected chi connectivity index (χ1v) is 8.79. The van der Waals surface area contributed by atoms with Crippen LogP contribution >= 0.6 is 0 Å². The molecule has 0 aliphatic heterocycles. The van der Waals surface area contributed by atoms with E-state index in [0.717, 1.165) is 5.56 Å². The van der Waals surface area contributed by atoms with E-state index in [4.69, 9.17) is 4.74 Å². The largest absolute Gasteiger partial charge is 0.462 e. The van der Waals surface area contributed by atoms with Gasteiger partial charge in [0.1, 0.15) is 5.75 Å². The molecular weight excluding hydrogens is 370 g/mol. The van der Waals surface area contributed by atoms with Gasteiger partial charge < -0.3 is 20.1 Å². The number of hydrogen-bond acceptors (Lipinski definition) is 5. The average molecular weight is 392 g/mol. The molecular formula is C20H22F2N2O4. The number of amides is 1. The molecule has 0 saturated heterocycles. The standard InChI is InChI=1S/C20H22F2N2O4/c1-2-27-19(26)15-5-7-16(8-6-15)24-13-18(25)23-12-11-14-3-9-17(10-4-14)28-20(21)22/h3-10,20,24H,2,11-13H2,1H3,(H,23,25). The number of nitrogens with one attached hydrogen (secondary N) is 2. The number of anilines is 1. The molecule has 0 heterocycles. The van der Waals surface area contributed by atoms with Crippen molar-refractivity contribution in [3.8, 4) is 5.75 Å². The van der Waals surface area contributed by atoms with Gasteiger partial charge in [-0.15, -0.1) is 0 Å². The van der Waals surface area contributed by atoms with Crippen LogP contribution in [0, 0.1) is 0 Å². The van der Waals surface area contributed by atoms with E-state index < -0.39 is 6.61 Å². The van der Waals surface area contributed by atoms with Crippen molar-refractivity contribution in [3.05, 3.63) is 59.7 Å². The molecule has 1 amide bonds. The Labute approximate surface area is 161 Å². The lowest BCUT2D eigenvalue weighted by molar-refractivity contribution is -0.119. The van der Waals surface area contributed by atoms with Crippen molar-refractivity contribution in [1.82, 2.24) is 5.32 Å². The quantitative estimate of drug-likeness (QED) is 0.607. The fraction of sp³-hybridized carbons (Fsp3) is 0.300. The maximum Gasteiger partial charge on any atom is 0.387 e. The Bertz CT molecular complexity index is 765. The molecule has 2 rings (SSSR count). The second-order valence-corrected chi connectivity index (χ2v) is 5.77. The summed E-state index contributed by atoms with van der Waals surface area (Å²) in [5.74, 6) is -0.478. The maximum atomic E-state index is 12.1. The zero-order valence-electron chi connectivity index (χ0n) is 15.4. The summed E-state index contributed by atoms with van der Waals surface area (Å²) < 4.78 is 33.4. The molecule has 0 saturated carbocycles. The normalized spacial score (nSPS) is 10.4. The van der Waals surface area contributed by atoms with Crippen LogP contribution in [-0.2, 0) is 16.0 Å². The van der Waals surface area contributed by atoms with E-state index in [1.54, 1.807) is 43.3 Å². The molecule has 0 aromatic heterocycles. The van der Waals surface area contributed by atoms with Crippen LogP contribution < -0.4 is 15.4 Å². The van der Waals surface area contributed by atoms with Crippen LogP contribution in [0.15, 0.2) is 48.5 Å². The van der Waals surface area contributed by atoms with Gasteiger partial charge in [0.05, 0.1) is 18.7 Å². The Morgan fingerprint density at radius 2 is 1.71 bits per heavy atom. The zero-order valence-corrected chi connectivity index (χ0v) is 15.4. The summed E-state index contributed by atoms with van der Waals surface area (Å²) in [6, 6.07) is 12.9. The summed E-state index contributed by atoms with van der Waals surface area (Å²) in [7, 11) is 0. The smallest absolute Gasteiger partial charge is 0.387 e. The topological polar surface area (TPSA) is 76.7 Å². The highest BCUT2D eigenvalue weighted by molar-refractivity contribution is 5.90. The number of ether oxygens (including phenoxy) is 2. The molecule has 0 spiro atoms. The fourth-order valence-electron chi connectivity index (χ4n) is 2.37. The first-order chi connectivity index (χ1) is 13.5. The molecule has 6 nitrogen and oxygen atoms in total. The van der Waals surface area contributed by atoms with Crippen molar-refractivity contribution in [2.75, 3.05) is 25.0 Å². The SMILES string of the molecule is CCOC(=O)c1ccc(NCC(=O)NCCc2ccc(OC(F)F)cc2)cc1. The first-order valence-electron chi connectivity index (χ1n) is 8.79. The summed E-state index contributed by atoms with van der Waals surface area (Å²) >= 11 is 0. The van der Waals surface area contributed by atoms with E-state index in [-0.39, 0.29) is 24.2 Å². The molecule has 150 valence electrons. The van der Waals surface area contributed by atoms with Gasteiger partial charge >= 0.3 is 12.6 Å². The number of carbonyl (C=O) groups excluding carboxylic acids is 2. The molecule has 0 fully saturated rings. The number of rotatable bonds is 10. The van der Waals surface area contributed by atoms with Crippen molar-refractivity contribution in [2.24, 2.45) is 0 Å². The van der Waals surface area contributed by atoms with Gasteiger partial charge in [0.2, 0.25) is 5.91 Å². The van der Waals surface area contributed by atoms with Crippen molar-refractivity contribution < 1.29 is 27.8 Å². The Morgan fingerprint density at radius 3 is 2.32 bits per heavy atom. The minimum absolute atomic E-state index is 0.0833. The van der Waals surface area contributed by atoms with E-state index in [2.05, 4.69) is 15.4 Å². The number of esters is 1. The molecule has 0 unspecified atom stereocenters. The van der Waals surface area contributed by atoms with Crippen molar-refractivity contribution in [2.45, 2.75) is 20.0 Å². The highest BCUT2D eigenvalue weighted by atomic mass is 19.3. The van der Waals surface area contributed by atoms with E-state index in [0.29, 0.717) is 30.8 Å². The summed E-state index contributed by atoms with van der Waals surface area (Å²) in [6.07, 6.45) is 0.564. The lowest BCUT2D eigenvalue weighted by atomic mass is 10.1. The number of benzene rings is 2. The monoisotopic (exact) mass is 392 g/mol. The van der Waals surface area contributed by atoms with Crippen molar-refractivity contribution in [3.63, 3.8) is 0 Å². The van der Waals surface area contributed by atoms with Crippen LogP contribution in [0.5, 0.6) is 5.75 Å². The van der Waals surface area contributed by atoms with Gasteiger partial charge in [0.15, 0.2) is 0 Å². The molecule has 28 heavy (non-hydrogen) atoms. The fourth-order valence-corrected chi connectivity index (χ4v) is 2.37. The predicted molar refractivity (Wildman–Crippen MR) is 101 cm³/mol. The van der Waals surface area contributed by atoms with Gasteiger partial charge in [-0.2, -0.15) is 8.78 Å².